The summed E-state index contributed by atoms with van der Waals surface area (Å²) in [6, 6.07) is 42.3. The van der Waals surface area contributed by atoms with Crippen LogP contribution < -0.4 is 25.9 Å². The molecule has 230 valence electrons. The van der Waals surface area contributed by atoms with Crippen molar-refractivity contribution in [3.8, 4) is 23.0 Å². The van der Waals surface area contributed by atoms with Crippen molar-refractivity contribution in [3.63, 3.8) is 0 Å². The van der Waals surface area contributed by atoms with Gasteiger partial charge in [0.1, 0.15) is 23.0 Å². The maximum absolute atomic E-state index is 6.98. The van der Waals surface area contributed by atoms with Crippen molar-refractivity contribution in [1.82, 2.24) is 8.80 Å². The van der Waals surface area contributed by atoms with Gasteiger partial charge in [0, 0.05) is 66.1 Å². The zero-order valence-electron chi connectivity index (χ0n) is 27.3. The smallest absolute Gasteiger partial charge is 0.261 e. The quantitative estimate of drug-likeness (QED) is 0.155. The predicted octanol–water partition coefficient (Wildman–Crippen LogP) is 9.35. The van der Waals surface area contributed by atoms with Crippen molar-refractivity contribution in [2.75, 3.05) is 0 Å². The third kappa shape index (κ3) is 2.41. The Morgan fingerprint density at radius 2 is 0.880 bits per heavy atom. The fourth-order valence-corrected chi connectivity index (χ4v) is 11.0. The summed E-state index contributed by atoms with van der Waals surface area (Å²) < 4.78 is 19.0. The Labute approximate surface area is 285 Å². The number of rotatable bonds is 0. The topological polar surface area (TPSA) is 27.3 Å². The molecular formula is C45H25BN2O2. The molecule has 0 N–H and O–H groups in total. The normalized spacial score (nSPS) is 15.4. The van der Waals surface area contributed by atoms with Crippen molar-refractivity contribution in [3.05, 3.63) is 126 Å². The van der Waals surface area contributed by atoms with Gasteiger partial charge in [-0.15, -0.1) is 0 Å². The molecule has 0 aliphatic carbocycles. The summed E-state index contributed by atoms with van der Waals surface area (Å²) in [5, 5.41) is 10.5. The number of nitrogens with zero attached hydrogens (tertiary/aromatic N) is 2. The molecule has 4 aromatic heterocycles. The molecule has 7 aromatic carbocycles. The summed E-state index contributed by atoms with van der Waals surface area (Å²) >= 11 is 0. The molecule has 7 heterocycles. The number of aromatic nitrogens is 2. The molecule has 0 spiro atoms. The molecule has 0 fully saturated rings. The van der Waals surface area contributed by atoms with Crippen LogP contribution in [0.3, 0.4) is 0 Å². The van der Waals surface area contributed by atoms with E-state index in [1.807, 2.05) is 0 Å². The Kier molecular flexibility index (Phi) is 3.81. The number of hydrogen-bond acceptors (Lipinski definition) is 2. The molecule has 50 heavy (non-hydrogen) atoms. The Morgan fingerprint density at radius 1 is 0.440 bits per heavy atom. The lowest BCUT2D eigenvalue weighted by Crippen LogP contribution is -2.64. The zero-order chi connectivity index (χ0) is 32.4. The Balaban J connectivity index is 1.26. The first-order valence-electron chi connectivity index (χ1n) is 17.6. The molecule has 0 saturated heterocycles. The lowest BCUT2D eigenvalue weighted by molar-refractivity contribution is 0.461. The minimum atomic E-state index is -0.387. The van der Waals surface area contributed by atoms with Crippen LogP contribution in [0.2, 0.25) is 0 Å². The highest BCUT2D eigenvalue weighted by Crippen LogP contribution is 2.53. The average Bonchev–Trinajstić information content (AvgIpc) is 3.86. The Hall–Kier alpha value is -6.20. The van der Waals surface area contributed by atoms with E-state index in [-0.39, 0.29) is 12.1 Å². The van der Waals surface area contributed by atoms with Gasteiger partial charge in [0.15, 0.2) is 0 Å². The van der Waals surface area contributed by atoms with E-state index >= 15 is 0 Å². The maximum Gasteiger partial charge on any atom is 0.261 e. The van der Waals surface area contributed by atoms with Gasteiger partial charge in [0.05, 0.1) is 33.1 Å². The van der Waals surface area contributed by atoms with Gasteiger partial charge in [-0.25, -0.2) is 0 Å². The largest absolute Gasteiger partial charge is 0.458 e. The van der Waals surface area contributed by atoms with Crippen LogP contribution in [0.4, 0.5) is 0 Å². The van der Waals surface area contributed by atoms with Crippen LogP contribution in [0.25, 0.3) is 76.2 Å². The van der Waals surface area contributed by atoms with Crippen LogP contribution in [-0.4, -0.2) is 15.5 Å². The average molecular weight is 637 g/mol. The molecule has 3 aliphatic rings. The lowest BCUT2D eigenvalue weighted by Gasteiger charge is -2.45. The van der Waals surface area contributed by atoms with Crippen LogP contribution in [0.15, 0.2) is 115 Å². The van der Waals surface area contributed by atoms with Gasteiger partial charge >= 0.3 is 0 Å². The zero-order valence-corrected chi connectivity index (χ0v) is 27.3. The van der Waals surface area contributed by atoms with E-state index in [2.05, 4.69) is 138 Å². The van der Waals surface area contributed by atoms with Crippen molar-refractivity contribution >= 4 is 99.3 Å². The highest BCUT2D eigenvalue weighted by atomic mass is 16.5. The van der Waals surface area contributed by atoms with Gasteiger partial charge in [-0.3, -0.25) is 0 Å². The standard InChI is InChI=1S/C45H25BN2O2/c1-45(2)38-36-26-14-7-12-24-22-10-3-5-16-28(22)47(43(24)26)30(36)20-34-41(38)46-40-32(49-34)18-9-19-33(40)50-35-21-31-37(39(45)42(35)46)27-15-8-13-25-23-11-4-6-17-29(23)48(31)44(25)27/h3-21H,1-2H3. The maximum atomic E-state index is 6.98. The Bertz CT molecular complexity index is 3200. The van der Waals surface area contributed by atoms with Gasteiger partial charge in [0.25, 0.3) is 6.71 Å². The van der Waals surface area contributed by atoms with E-state index in [1.165, 1.54) is 98.2 Å². The first-order chi connectivity index (χ1) is 24.6. The third-order valence-electron chi connectivity index (χ3n) is 12.6. The van der Waals surface area contributed by atoms with Crippen LogP contribution in [0.5, 0.6) is 23.0 Å². The van der Waals surface area contributed by atoms with E-state index in [4.69, 9.17) is 9.47 Å². The van der Waals surface area contributed by atoms with Crippen molar-refractivity contribution < 1.29 is 9.47 Å². The van der Waals surface area contributed by atoms with E-state index in [0.717, 1.165) is 28.5 Å². The van der Waals surface area contributed by atoms with Crippen LogP contribution in [-0.2, 0) is 5.41 Å². The van der Waals surface area contributed by atoms with Crippen LogP contribution in [0, 0.1) is 0 Å². The molecule has 0 atom stereocenters. The molecule has 0 saturated carbocycles. The molecule has 0 bridgehead atoms. The summed E-state index contributed by atoms with van der Waals surface area (Å²) in [5.74, 6) is 3.69. The molecule has 4 nitrogen and oxygen atoms in total. The summed E-state index contributed by atoms with van der Waals surface area (Å²) in [6.45, 7) is 4.90. The minimum Gasteiger partial charge on any atom is -0.458 e. The fraction of sp³-hybridized carbons (Fsp3) is 0.0667. The molecule has 11 aromatic rings. The van der Waals surface area contributed by atoms with Gasteiger partial charge < -0.3 is 18.3 Å². The second kappa shape index (κ2) is 7.66. The summed E-state index contributed by atoms with van der Waals surface area (Å²) in [5.41, 5.74) is 13.6. The third-order valence-corrected chi connectivity index (χ3v) is 12.6. The van der Waals surface area contributed by atoms with Gasteiger partial charge in [-0.2, -0.15) is 0 Å². The minimum absolute atomic E-state index is 0.00847. The highest BCUT2D eigenvalue weighted by Gasteiger charge is 2.52. The number of fused-ring (bicyclic) bond motifs is 14. The number of para-hydroxylation sites is 4. The number of benzene rings is 7. The first kappa shape index (κ1) is 24.9. The monoisotopic (exact) mass is 636 g/mol. The van der Waals surface area contributed by atoms with Gasteiger partial charge in [-0.05, 0) is 46.3 Å². The predicted molar refractivity (Wildman–Crippen MR) is 206 cm³/mol. The van der Waals surface area contributed by atoms with E-state index in [0.29, 0.717) is 0 Å². The molecule has 5 heteroatoms. The van der Waals surface area contributed by atoms with Crippen molar-refractivity contribution in [2.45, 2.75) is 19.3 Å². The van der Waals surface area contributed by atoms with E-state index in [9.17, 15) is 0 Å². The molecule has 0 unspecified atom stereocenters. The van der Waals surface area contributed by atoms with Gasteiger partial charge in [0.2, 0.25) is 0 Å². The SMILES string of the molecule is CC1(C)c2c3c(cc4c2c2cccc5c6ccccc6n4c52)Oc2cccc4c2B3c2c(cc3c(c21)c1cccc2c5ccccc5n3c21)O4. The number of hydrogen-bond donors (Lipinski definition) is 0. The van der Waals surface area contributed by atoms with E-state index < -0.39 is 0 Å². The fourth-order valence-electron chi connectivity index (χ4n) is 11.0. The second-order valence-corrected chi connectivity index (χ2v) is 15.2. The Morgan fingerprint density at radius 3 is 1.40 bits per heavy atom. The van der Waals surface area contributed by atoms with Gasteiger partial charge in [-0.1, -0.05) is 92.7 Å². The lowest BCUT2D eigenvalue weighted by atomic mass is 9.29. The van der Waals surface area contributed by atoms with E-state index in [1.54, 1.807) is 0 Å². The molecule has 0 amide bonds. The summed E-state index contributed by atoms with van der Waals surface area (Å²) in [6.07, 6.45) is 0. The molecule has 3 aliphatic heterocycles. The van der Waals surface area contributed by atoms with Crippen LogP contribution in [0.1, 0.15) is 25.0 Å². The summed E-state index contributed by atoms with van der Waals surface area (Å²) in [4.78, 5) is 0. The number of ether oxygens (including phenoxy) is 2. The summed E-state index contributed by atoms with van der Waals surface area (Å²) in [7, 11) is 0. The van der Waals surface area contributed by atoms with Crippen molar-refractivity contribution in [2.24, 2.45) is 0 Å². The second-order valence-electron chi connectivity index (χ2n) is 15.2. The molecule has 14 rings (SSSR count). The van der Waals surface area contributed by atoms with Crippen molar-refractivity contribution in [1.29, 1.82) is 0 Å². The first-order valence-corrected chi connectivity index (χ1v) is 17.6. The molecule has 0 radical (unpaired) electrons. The molecular weight excluding hydrogens is 611 g/mol. The van der Waals surface area contributed by atoms with Crippen LogP contribution >= 0.6 is 0 Å². The highest BCUT2D eigenvalue weighted by molar-refractivity contribution is 6.99.